The molecule has 0 unspecified atom stereocenters. The third-order valence-electron chi connectivity index (χ3n) is 4.93. The number of benzene rings is 2. The van der Waals surface area contributed by atoms with Gasteiger partial charge in [-0.3, -0.25) is 9.59 Å². The molecule has 1 amide bonds. The first-order valence-corrected chi connectivity index (χ1v) is 9.94. The summed E-state index contributed by atoms with van der Waals surface area (Å²) >= 11 is 0. The number of nitrogens with one attached hydrogen (secondary N) is 1. The molecule has 0 aliphatic heterocycles. The van der Waals surface area contributed by atoms with Crippen LogP contribution in [-0.2, 0) is 24.2 Å². The monoisotopic (exact) mass is 377 g/mol. The van der Waals surface area contributed by atoms with Gasteiger partial charge in [0.25, 0.3) is 5.56 Å². The molecule has 1 aromatic heterocycles. The van der Waals surface area contributed by atoms with Crippen molar-refractivity contribution in [1.29, 1.82) is 0 Å². The number of fused-ring (bicyclic) bond motifs is 1. The number of unbranched alkanes of at least 4 members (excludes halogenated alkanes) is 1. The van der Waals surface area contributed by atoms with Crippen LogP contribution < -0.4 is 5.56 Å². The number of aromatic amines is 1. The Morgan fingerprint density at radius 3 is 2.46 bits per heavy atom. The number of H-pyrrole nitrogens is 1. The van der Waals surface area contributed by atoms with E-state index in [9.17, 15) is 9.59 Å². The molecule has 0 saturated heterocycles. The van der Waals surface area contributed by atoms with E-state index in [0.717, 1.165) is 12.0 Å². The standard InChI is InChI=1S/C23H27N3O2/c1-3-5-8-17-11-13-18(14-12-17)15-22(27)26(4-2)16-21-24-20-10-7-6-9-19(20)23(28)25-21/h6-7,9-14H,3-5,8,15-16H2,1-2H3,(H,24,25,28). The number of rotatable bonds is 8. The van der Waals surface area contributed by atoms with E-state index in [1.54, 1.807) is 11.0 Å². The second-order valence-corrected chi connectivity index (χ2v) is 7.03. The fraction of sp³-hybridized carbons (Fsp3) is 0.348. The van der Waals surface area contributed by atoms with Crippen LogP contribution in [-0.4, -0.2) is 27.3 Å². The van der Waals surface area contributed by atoms with Crippen molar-refractivity contribution in [2.45, 2.75) is 46.1 Å². The molecule has 1 heterocycles. The summed E-state index contributed by atoms with van der Waals surface area (Å²) in [6.45, 7) is 4.98. The minimum Gasteiger partial charge on any atom is -0.335 e. The number of para-hydroxylation sites is 1. The van der Waals surface area contributed by atoms with Crippen LogP contribution in [0.2, 0.25) is 0 Å². The molecule has 5 nitrogen and oxygen atoms in total. The fourth-order valence-corrected chi connectivity index (χ4v) is 3.26. The van der Waals surface area contributed by atoms with Crippen LogP contribution in [0.1, 0.15) is 43.6 Å². The van der Waals surface area contributed by atoms with Crippen molar-refractivity contribution in [3.05, 3.63) is 75.8 Å². The Morgan fingerprint density at radius 2 is 1.75 bits per heavy atom. The minimum atomic E-state index is -0.174. The van der Waals surface area contributed by atoms with Gasteiger partial charge in [-0.2, -0.15) is 0 Å². The molecule has 3 aromatic rings. The highest BCUT2D eigenvalue weighted by molar-refractivity contribution is 5.79. The molecule has 0 aliphatic carbocycles. The molecule has 1 N–H and O–H groups in total. The quantitative estimate of drug-likeness (QED) is 0.648. The van der Waals surface area contributed by atoms with Gasteiger partial charge in [-0.1, -0.05) is 49.7 Å². The van der Waals surface area contributed by atoms with Gasteiger partial charge < -0.3 is 9.88 Å². The number of likely N-dealkylation sites (N-methyl/N-ethyl adjacent to an activating group) is 1. The third kappa shape index (κ3) is 4.85. The fourth-order valence-electron chi connectivity index (χ4n) is 3.26. The Labute approximate surface area is 165 Å². The zero-order valence-electron chi connectivity index (χ0n) is 16.6. The molecule has 0 bridgehead atoms. The minimum absolute atomic E-state index is 0.0274. The molecule has 28 heavy (non-hydrogen) atoms. The van der Waals surface area contributed by atoms with E-state index in [-0.39, 0.29) is 11.5 Å². The lowest BCUT2D eigenvalue weighted by atomic mass is 10.0. The van der Waals surface area contributed by atoms with Crippen LogP contribution in [0.4, 0.5) is 0 Å². The molecule has 0 aliphatic rings. The summed E-state index contributed by atoms with van der Waals surface area (Å²) in [6.07, 6.45) is 3.78. The SMILES string of the molecule is CCCCc1ccc(CC(=O)N(CC)Cc2nc3ccccc3c(=O)[nH]2)cc1. The van der Waals surface area contributed by atoms with E-state index in [1.165, 1.54) is 18.4 Å². The first kappa shape index (κ1) is 19.8. The number of carbonyl (C=O) groups excluding carboxylic acids is 1. The maximum atomic E-state index is 12.8. The van der Waals surface area contributed by atoms with Crippen LogP contribution >= 0.6 is 0 Å². The highest BCUT2D eigenvalue weighted by atomic mass is 16.2. The Balaban J connectivity index is 1.69. The van der Waals surface area contributed by atoms with Crippen LogP contribution in [0, 0.1) is 0 Å². The smallest absolute Gasteiger partial charge is 0.258 e. The van der Waals surface area contributed by atoms with Gasteiger partial charge in [0.05, 0.1) is 23.9 Å². The molecular weight excluding hydrogens is 350 g/mol. The number of amides is 1. The number of carbonyl (C=O) groups is 1. The average Bonchev–Trinajstić information content (AvgIpc) is 2.71. The van der Waals surface area contributed by atoms with Gasteiger partial charge in [-0.15, -0.1) is 0 Å². The van der Waals surface area contributed by atoms with Crippen LogP contribution in [0.5, 0.6) is 0 Å². The lowest BCUT2D eigenvalue weighted by Gasteiger charge is -2.20. The normalized spacial score (nSPS) is 10.9. The summed E-state index contributed by atoms with van der Waals surface area (Å²) in [5, 5.41) is 0.559. The van der Waals surface area contributed by atoms with Crippen molar-refractivity contribution in [1.82, 2.24) is 14.9 Å². The van der Waals surface area contributed by atoms with E-state index >= 15 is 0 Å². The van der Waals surface area contributed by atoms with Crippen molar-refractivity contribution >= 4 is 16.8 Å². The second kappa shape index (κ2) is 9.31. The van der Waals surface area contributed by atoms with Gasteiger partial charge in [0, 0.05) is 6.54 Å². The summed E-state index contributed by atoms with van der Waals surface area (Å²) in [5.74, 6) is 0.536. The van der Waals surface area contributed by atoms with E-state index in [4.69, 9.17) is 0 Å². The molecule has 0 saturated carbocycles. The number of nitrogens with zero attached hydrogens (tertiary/aromatic N) is 2. The Morgan fingerprint density at radius 1 is 1.04 bits per heavy atom. The average molecular weight is 377 g/mol. The van der Waals surface area contributed by atoms with Gasteiger partial charge >= 0.3 is 0 Å². The predicted molar refractivity (Wildman–Crippen MR) is 112 cm³/mol. The van der Waals surface area contributed by atoms with Crippen LogP contribution in [0.3, 0.4) is 0 Å². The molecule has 0 atom stereocenters. The van der Waals surface area contributed by atoms with Crippen molar-refractivity contribution < 1.29 is 4.79 Å². The largest absolute Gasteiger partial charge is 0.335 e. The van der Waals surface area contributed by atoms with Crippen molar-refractivity contribution in [2.24, 2.45) is 0 Å². The van der Waals surface area contributed by atoms with Crippen LogP contribution in [0.25, 0.3) is 10.9 Å². The number of hydrogen-bond donors (Lipinski definition) is 1. The van der Waals surface area contributed by atoms with Crippen molar-refractivity contribution in [3.63, 3.8) is 0 Å². The maximum absolute atomic E-state index is 12.8. The molecule has 0 fully saturated rings. The van der Waals surface area contributed by atoms with Gasteiger partial charge in [0.1, 0.15) is 5.82 Å². The molecule has 0 spiro atoms. The second-order valence-electron chi connectivity index (χ2n) is 7.03. The Bertz CT molecular complexity index is 993. The summed E-state index contributed by atoms with van der Waals surface area (Å²) in [7, 11) is 0. The zero-order chi connectivity index (χ0) is 19.9. The highest BCUT2D eigenvalue weighted by Crippen LogP contribution is 2.11. The van der Waals surface area contributed by atoms with Gasteiger partial charge in [0.15, 0.2) is 0 Å². The van der Waals surface area contributed by atoms with Gasteiger partial charge in [-0.25, -0.2) is 4.98 Å². The lowest BCUT2D eigenvalue weighted by molar-refractivity contribution is -0.131. The summed E-state index contributed by atoms with van der Waals surface area (Å²) in [5.41, 5.74) is 2.78. The van der Waals surface area contributed by atoms with E-state index in [2.05, 4.69) is 29.0 Å². The van der Waals surface area contributed by atoms with E-state index in [0.29, 0.717) is 36.2 Å². The number of aryl methyl sites for hydroxylation is 1. The predicted octanol–water partition coefficient (Wildman–Crippen LogP) is 3.86. The first-order valence-electron chi connectivity index (χ1n) is 9.94. The van der Waals surface area contributed by atoms with Crippen LogP contribution in [0.15, 0.2) is 53.3 Å². The summed E-state index contributed by atoms with van der Waals surface area (Å²) < 4.78 is 0. The van der Waals surface area contributed by atoms with Gasteiger partial charge in [0.2, 0.25) is 5.91 Å². The highest BCUT2D eigenvalue weighted by Gasteiger charge is 2.15. The zero-order valence-corrected chi connectivity index (χ0v) is 16.6. The number of aromatic nitrogens is 2. The maximum Gasteiger partial charge on any atom is 0.258 e. The number of hydrogen-bond acceptors (Lipinski definition) is 3. The molecule has 2 aromatic carbocycles. The van der Waals surface area contributed by atoms with E-state index in [1.807, 2.05) is 37.3 Å². The molecular formula is C23H27N3O2. The van der Waals surface area contributed by atoms with E-state index < -0.39 is 0 Å². The summed E-state index contributed by atoms with van der Waals surface area (Å²) in [4.78, 5) is 34.0. The Hall–Kier alpha value is -2.95. The van der Waals surface area contributed by atoms with Crippen molar-refractivity contribution in [2.75, 3.05) is 6.54 Å². The third-order valence-corrected chi connectivity index (χ3v) is 4.93. The Kier molecular flexibility index (Phi) is 6.58. The summed E-state index contributed by atoms with van der Waals surface area (Å²) in [6, 6.07) is 15.5. The molecule has 3 rings (SSSR count). The van der Waals surface area contributed by atoms with Gasteiger partial charge in [-0.05, 0) is 43.0 Å². The molecule has 0 radical (unpaired) electrons. The lowest BCUT2D eigenvalue weighted by Crippen LogP contribution is -2.33. The molecule has 146 valence electrons. The van der Waals surface area contributed by atoms with Crippen molar-refractivity contribution in [3.8, 4) is 0 Å². The molecule has 5 heteroatoms. The topological polar surface area (TPSA) is 66.1 Å². The first-order chi connectivity index (χ1) is 13.6.